The van der Waals surface area contributed by atoms with Gasteiger partial charge in [0.25, 0.3) is 0 Å². The number of hydrogen-bond donors (Lipinski definition) is 2. The number of morpholine rings is 1. The monoisotopic (exact) mass is 530 g/mol. The molecule has 3 aromatic rings. The number of aromatic nitrogens is 3. The van der Waals surface area contributed by atoms with E-state index in [4.69, 9.17) is 19.7 Å². The molecule has 3 aliphatic heterocycles. The van der Waals surface area contributed by atoms with Gasteiger partial charge in [0, 0.05) is 44.2 Å². The Bertz CT molecular complexity index is 1320. The van der Waals surface area contributed by atoms with E-state index in [9.17, 15) is 15.0 Å². The van der Waals surface area contributed by atoms with Crippen LogP contribution in [0, 0.1) is 5.92 Å². The lowest BCUT2D eigenvalue weighted by atomic mass is 9.93. The van der Waals surface area contributed by atoms with Crippen LogP contribution in [0.5, 0.6) is 5.75 Å². The van der Waals surface area contributed by atoms with Crippen LogP contribution < -0.4 is 9.80 Å². The van der Waals surface area contributed by atoms with Crippen molar-refractivity contribution in [2.75, 3.05) is 62.3 Å². The number of anilines is 2. The van der Waals surface area contributed by atoms with Crippen molar-refractivity contribution in [1.29, 1.82) is 0 Å². The average molecular weight is 531 g/mol. The normalized spacial score (nSPS) is 20.1. The number of piperidine rings is 1. The molecule has 0 radical (unpaired) electrons. The van der Waals surface area contributed by atoms with E-state index in [-0.39, 0.29) is 30.2 Å². The van der Waals surface area contributed by atoms with Gasteiger partial charge < -0.3 is 29.6 Å². The Morgan fingerprint density at radius 1 is 0.923 bits per heavy atom. The molecule has 6 rings (SSSR count). The summed E-state index contributed by atoms with van der Waals surface area (Å²) in [6, 6.07) is 14.8. The van der Waals surface area contributed by atoms with Crippen molar-refractivity contribution < 1.29 is 19.7 Å². The van der Waals surface area contributed by atoms with E-state index >= 15 is 0 Å². The molecule has 1 atom stereocenters. The number of nitrogens with zero attached hydrogens (tertiary/aromatic N) is 6. The summed E-state index contributed by atoms with van der Waals surface area (Å²) in [4.78, 5) is 33.7. The summed E-state index contributed by atoms with van der Waals surface area (Å²) < 4.78 is 5.40. The molecular weight excluding hydrogens is 496 g/mol. The fraction of sp³-hybridized carbons (Fsp3) is 0.448. The summed E-state index contributed by atoms with van der Waals surface area (Å²) in [5.41, 5.74) is 2.99. The Morgan fingerprint density at radius 2 is 1.69 bits per heavy atom. The first kappa shape index (κ1) is 25.5. The van der Waals surface area contributed by atoms with Gasteiger partial charge in [-0.15, -0.1) is 0 Å². The van der Waals surface area contributed by atoms with Crippen molar-refractivity contribution in [1.82, 2.24) is 19.9 Å². The lowest BCUT2D eigenvalue weighted by Crippen LogP contribution is -2.47. The number of fused-ring (bicyclic) bond motifs is 1. The van der Waals surface area contributed by atoms with Crippen LogP contribution in [0.1, 0.15) is 30.0 Å². The summed E-state index contributed by atoms with van der Waals surface area (Å²) in [5.74, 6) is 1.85. The molecule has 2 fully saturated rings. The van der Waals surface area contributed by atoms with Crippen molar-refractivity contribution in [3.05, 3.63) is 59.7 Å². The van der Waals surface area contributed by atoms with Gasteiger partial charge in [0.1, 0.15) is 5.75 Å². The molecule has 0 aliphatic carbocycles. The first-order chi connectivity index (χ1) is 19.1. The van der Waals surface area contributed by atoms with Gasteiger partial charge in [-0.05, 0) is 42.5 Å². The largest absolute Gasteiger partial charge is 0.508 e. The minimum Gasteiger partial charge on any atom is -0.508 e. The molecule has 10 heteroatoms. The summed E-state index contributed by atoms with van der Waals surface area (Å²) >= 11 is 0. The molecule has 204 valence electrons. The van der Waals surface area contributed by atoms with Crippen LogP contribution >= 0.6 is 0 Å². The summed E-state index contributed by atoms with van der Waals surface area (Å²) in [7, 11) is 0. The lowest BCUT2D eigenvalue weighted by Gasteiger charge is -2.38. The minimum absolute atomic E-state index is 0.0106. The van der Waals surface area contributed by atoms with E-state index in [0.29, 0.717) is 69.2 Å². The number of phenols is 1. The van der Waals surface area contributed by atoms with Gasteiger partial charge in [-0.3, -0.25) is 4.79 Å². The first-order valence-electron chi connectivity index (χ1n) is 13.7. The lowest BCUT2D eigenvalue weighted by molar-refractivity contribution is -0.140. The minimum atomic E-state index is -0.265. The van der Waals surface area contributed by atoms with E-state index in [1.54, 1.807) is 18.2 Å². The average Bonchev–Trinajstić information content (AvgIpc) is 3.00. The number of rotatable bonds is 5. The van der Waals surface area contributed by atoms with Gasteiger partial charge in [0.2, 0.25) is 17.8 Å². The highest BCUT2D eigenvalue weighted by Crippen LogP contribution is 2.34. The Morgan fingerprint density at radius 3 is 2.46 bits per heavy atom. The fourth-order valence-corrected chi connectivity index (χ4v) is 5.85. The maximum Gasteiger partial charge on any atom is 0.231 e. The third kappa shape index (κ3) is 5.26. The van der Waals surface area contributed by atoms with Crippen molar-refractivity contribution in [2.45, 2.75) is 25.3 Å². The molecule has 0 unspecified atom stereocenters. The molecule has 1 aromatic heterocycles. The zero-order chi connectivity index (χ0) is 26.8. The Balaban J connectivity index is 1.29. The van der Waals surface area contributed by atoms with Crippen molar-refractivity contribution in [3.8, 4) is 17.1 Å². The standard InChI is InChI=1S/C29H34N6O4/c36-19-25-24-7-2-1-4-20(24)10-13-35(25)29-31-26(22-5-3-6-23(37)18-22)30-28(32-29)34-11-8-21(9-12-34)27(38)33-14-16-39-17-15-33/h1-7,18,21,25,36-37H,8-17,19H2/t25-/m0/s1. The molecule has 2 saturated heterocycles. The second kappa shape index (κ2) is 11.2. The molecule has 1 amide bonds. The summed E-state index contributed by atoms with van der Waals surface area (Å²) in [6.45, 7) is 4.46. The zero-order valence-electron chi connectivity index (χ0n) is 21.9. The molecule has 2 aromatic carbocycles. The second-order valence-corrected chi connectivity index (χ2v) is 10.3. The molecule has 0 saturated carbocycles. The van der Waals surface area contributed by atoms with Crippen LogP contribution in [0.25, 0.3) is 11.4 Å². The highest BCUT2D eigenvalue weighted by molar-refractivity contribution is 5.79. The topological polar surface area (TPSA) is 115 Å². The molecule has 0 bridgehead atoms. The molecular formula is C29H34N6O4. The maximum atomic E-state index is 13.1. The smallest absolute Gasteiger partial charge is 0.231 e. The fourth-order valence-electron chi connectivity index (χ4n) is 5.85. The number of benzene rings is 2. The van der Waals surface area contributed by atoms with E-state index in [2.05, 4.69) is 21.9 Å². The predicted octanol–water partition coefficient (Wildman–Crippen LogP) is 2.42. The van der Waals surface area contributed by atoms with Gasteiger partial charge in [-0.25, -0.2) is 0 Å². The van der Waals surface area contributed by atoms with Crippen LogP contribution in [0.3, 0.4) is 0 Å². The molecule has 10 nitrogen and oxygen atoms in total. The quantitative estimate of drug-likeness (QED) is 0.513. The number of amides is 1. The number of carbonyl (C=O) groups is 1. The number of aliphatic hydroxyl groups is 1. The Hall–Kier alpha value is -3.76. The van der Waals surface area contributed by atoms with Gasteiger partial charge >= 0.3 is 0 Å². The second-order valence-electron chi connectivity index (χ2n) is 10.3. The maximum absolute atomic E-state index is 13.1. The highest BCUT2D eigenvalue weighted by Gasteiger charge is 2.33. The summed E-state index contributed by atoms with van der Waals surface area (Å²) in [6.07, 6.45) is 2.29. The van der Waals surface area contributed by atoms with Crippen LogP contribution in [0.2, 0.25) is 0 Å². The molecule has 3 aliphatic rings. The highest BCUT2D eigenvalue weighted by atomic mass is 16.5. The van der Waals surface area contributed by atoms with Gasteiger partial charge in [-0.2, -0.15) is 15.0 Å². The third-order valence-corrected chi connectivity index (χ3v) is 8.01. The van der Waals surface area contributed by atoms with Crippen molar-refractivity contribution in [3.63, 3.8) is 0 Å². The number of hydrogen-bond acceptors (Lipinski definition) is 9. The van der Waals surface area contributed by atoms with Gasteiger partial charge in [0.05, 0.1) is 25.9 Å². The number of carbonyl (C=O) groups excluding carboxylic acids is 1. The SMILES string of the molecule is O=C(C1CCN(c2nc(-c3cccc(O)c3)nc(N3CCc4ccccc4[C@@H]3CO)n2)CC1)N1CCOCC1. The number of aliphatic hydroxyl groups excluding tert-OH is 1. The zero-order valence-corrected chi connectivity index (χ0v) is 21.9. The van der Waals surface area contributed by atoms with Crippen LogP contribution in [-0.4, -0.2) is 88.5 Å². The van der Waals surface area contributed by atoms with E-state index in [1.807, 2.05) is 23.1 Å². The van der Waals surface area contributed by atoms with E-state index in [0.717, 1.165) is 24.8 Å². The Kier molecular flexibility index (Phi) is 7.30. The van der Waals surface area contributed by atoms with Crippen LogP contribution in [0.4, 0.5) is 11.9 Å². The number of phenolic OH excluding ortho intramolecular Hbond substituents is 1. The number of ether oxygens (including phenoxy) is 1. The van der Waals surface area contributed by atoms with Crippen molar-refractivity contribution >= 4 is 17.8 Å². The van der Waals surface area contributed by atoms with Gasteiger partial charge in [0.15, 0.2) is 5.82 Å². The van der Waals surface area contributed by atoms with Gasteiger partial charge in [-0.1, -0.05) is 36.4 Å². The van der Waals surface area contributed by atoms with Crippen LogP contribution in [0.15, 0.2) is 48.5 Å². The predicted molar refractivity (Wildman–Crippen MR) is 147 cm³/mol. The van der Waals surface area contributed by atoms with Crippen molar-refractivity contribution in [2.24, 2.45) is 5.92 Å². The molecule has 2 N–H and O–H groups in total. The number of aromatic hydroxyl groups is 1. The van der Waals surface area contributed by atoms with E-state index < -0.39 is 0 Å². The molecule has 39 heavy (non-hydrogen) atoms. The first-order valence-corrected chi connectivity index (χ1v) is 13.7. The van der Waals surface area contributed by atoms with E-state index in [1.165, 1.54) is 5.56 Å². The molecule has 4 heterocycles. The summed E-state index contributed by atoms with van der Waals surface area (Å²) in [5, 5.41) is 20.5. The Labute approximate surface area is 227 Å². The van der Waals surface area contributed by atoms with Crippen LogP contribution in [-0.2, 0) is 16.0 Å². The molecule has 0 spiro atoms. The third-order valence-electron chi connectivity index (χ3n) is 8.01.